The fourth-order valence-electron chi connectivity index (χ4n) is 4.88. The normalized spacial score (nSPS) is 30.1. The molecule has 0 aromatic heterocycles. The molecule has 3 aliphatic heterocycles. The molecular weight excluding hydrogens is 366 g/mol. The van der Waals surface area contributed by atoms with Crippen molar-refractivity contribution in [3.8, 4) is 17.2 Å². The first kappa shape index (κ1) is 18.4. The lowest BCUT2D eigenvalue weighted by molar-refractivity contribution is -0.0325. The molecule has 2 unspecified atom stereocenters. The number of rotatable bonds is 4. The summed E-state index contributed by atoms with van der Waals surface area (Å²) in [5, 5.41) is 11.3. The van der Waals surface area contributed by atoms with Gasteiger partial charge in [-0.2, -0.15) is 0 Å². The number of ether oxygens (including phenoxy) is 3. The molecule has 5 rings (SSSR count). The number of nitrogens with zero attached hydrogens (tertiary/aromatic N) is 1. The number of hydrogen-bond donors (Lipinski definition) is 1. The number of methoxy groups -OCH3 is 1. The second-order valence-electron chi connectivity index (χ2n) is 8.58. The summed E-state index contributed by atoms with van der Waals surface area (Å²) in [5.74, 6) is 2.08. The van der Waals surface area contributed by atoms with Gasteiger partial charge < -0.3 is 24.2 Å². The first-order chi connectivity index (χ1) is 14.0. The highest BCUT2D eigenvalue weighted by molar-refractivity contribution is 5.52. The molecule has 2 aromatic rings. The molecule has 1 fully saturated rings. The minimum atomic E-state index is -0.894. The van der Waals surface area contributed by atoms with Gasteiger partial charge >= 0.3 is 0 Å². The number of hydrogen-bond acceptors (Lipinski definition) is 5. The Morgan fingerprint density at radius 3 is 2.76 bits per heavy atom. The van der Waals surface area contributed by atoms with Gasteiger partial charge in [-0.25, -0.2) is 0 Å². The van der Waals surface area contributed by atoms with Crippen molar-refractivity contribution in [3.05, 3.63) is 65.9 Å². The zero-order chi connectivity index (χ0) is 20.1. The third kappa shape index (κ3) is 3.14. The van der Waals surface area contributed by atoms with Crippen LogP contribution in [-0.4, -0.2) is 41.9 Å². The first-order valence-electron chi connectivity index (χ1n) is 10.2. The fraction of sp³-hybridized carbons (Fsp3) is 0.417. The topological polar surface area (TPSA) is 51.2 Å². The van der Waals surface area contributed by atoms with Gasteiger partial charge in [0.1, 0.15) is 12.2 Å². The third-order valence-electron chi connectivity index (χ3n) is 6.32. The second-order valence-corrected chi connectivity index (χ2v) is 8.58. The summed E-state index contributed by atoms with van der Waals surface area (Å²) in [5.41, 5.74) is 0.773. The number of benzene rings is 2. The Hall–Kier alpha value is -2.66. The van der Waals surface area contributed by atoms with E-state index in [4.69, 9.17) is 14.2 Å². The van der Waals surface area contributed by atoms with Gasteiger partial charge in [-0.1, -0.05) is 36.4 Å². The maximum Gasteiger partial charge on any atom is 0.204 e. The van der Waals surface area contributed by atoms with Crippen LogP contribution in [0.25, 0.3) is 0 Å². The van der Waals surface area contributed by atoms with E-state index in [0.717, 1.165) is 24.2 Å². The van der Waals surface area contributed by atoms with Gasteiger partial charge in [0.05, 0.1) is 13.7 Å². The van der Waals surface area contributed by atoms with Crippen LogP contribution >= 0.6 is 0 Å². The maximum atomic E-state index is 11.3. The summed E-state index contributed by atoms with van der Waals surface area (Å²) in [6.07, 6.45) is 4.78. The quantitative estimate of drug-likeness (QED) is 0.855. The summed E-state index contributed by atoms with van der Waals surface area (Å²) >= 11 is 0. The van der Waals surface area contributed by atoms with Crippen molar-refractivity contribution in [2.45, 2.75) is 43.4 Å². The number of para-hydroxylation sites is 1. The lowest BCUT2D eigenvalue weighted by Gasteiger charge is -2.44. The zero-order valence-electron chi connectivity index (χ0n) is 16.9. The molecule has 0 amide bonds. The average Bonchev–Trinajstić information content (AvgIpc) is 2.97. The number of allylic oxidation sites excluding steroid dienone is 1. The monoisotopic (exact) mass is 393 g/mol. The van der Waals surface area contributed by atoms with E-state index in [1.165, 1.54) is 5.70 Å². The molecule has 3 heterocycles. The predicted octanol–water partition coefficient (Wildman–Crippen LogP) is 3.86. The van der Waals surface area contributed by atoms with Crippen molar-refractivity contribution in [2.24, 2.45) is 0 Å². The Morgan fingerprint density at radius 1 is 1.17 bits per heavy atom. The molecule has 0 radical (unpaired) electrons. The molecule has 0 aliphatic carbocycles. The molecule has 0 saturated carbocycles. The summed E-state index contributed by atoms with van der Waals surface area (Å²) in [7, 11) is 1.64. The molecular formula is C24H27NO4. The van der Waals surface area contributed by atoms with E-state index in [-0.39, 0.29) is 0 Å². The van der Waals surface area contributed by atoms with Crippen LogP contribution in [0, 0.1) is 0 Å². The van der Waals surface area contributed by atoms with Crippen LogP contribution in [0.1, 0.15) is 31.7 Å². The van der Waals surface area contributed by atoms with Gasteiger partial charge in [-0.3, -0.25) is 0 Å². The van der Waals surface area contributed by atoms with E-state index < -0.39 is 11.2 Å². The Morgan fingerprint density at radius 2 is 2.00 bits per heavy atom. The Kier molecular flexibility index (Phi) is 4.24. The van der Waals surface area contributed by atoms with Crippen LogP contribution in [0.5, 0.6) is 17.2 Å². The van der Waals surface area contributed by atoms with Crippen molar-refractivity contribution in [1.29, 1.82) is 0 Å². The summed E-state index contributed by atoms with van der Waals surface area (Å²) < 4.78 is 17.9. The van der Waals surface area contributed by atoms with Crippen LogP contribution < -0.4 is 14.2 Å². The number of aliphatic hydroxyl groups is 1. The SMILES string of the molecule is COc1cccc2c1O[C@](C)(CN1C3=CC(O)(c4ccccc4)CC1CC3)CO2. The molecule has 1 saturated heterocycles. The van der Waals surface area contributed by atoms with Gasteiger partial charge in [0.2, 0.25) is 5.75 Å². The van der Waals surface area contributed by atoms with E-state index in [9.17, 15) is 5.11 Å². The average molecular weight is 393 g/mol. The minimum Gasteiger partial charge on any atom is -0.493 e. The first-order valence-corrected chi connectivity index (χ1v) is 10.2. The van der Waals surface area contributed by atoms with Crippen molar-refractivity contribution in [3.63, 3.8) is 0 Å². The van der Waals surface area contributed by atoms with Crippen molar-refractivity contribution >= 4 is 0 Å². The molecule has 3 aliphatic rings. The zero-order valence-corrected chi connectivity index (χ0v) is 16.9. The summed E-state index contributed by atoms with van der Waals surface area (Å²) in [4.78, 5) is 2.40. The van der Waals surface area contributed by atoms with Gasteiger partial charge in [-0.05, 0) is 43.5 Å². The van der Waals surface area contributed by atoms with E-state index in [0.29, 0.717) is 37.1 Å². The molecule has 29 heavy (non-hydrogen) atoms. The summed E-state index contributed by atoms with van der Waals surface area (Å²) in [6.45, 7) is 3.28. The van der Waals surface area contributed by atoms with Gasteiger partial charge in [0.25, 0.3) is 0 Å². The highest BCUT2D eigenvalue weighted by Crippen LogP contribution is 2.47. The Labute approximate surface area is 171 Å². The van der Waals surface area contributed by atoms with Crippen molar-refractivity contribution < 1.29 is 19.3 Å². The van der Waals surface area contributed by atoms with Crippen LogP contribution in [0.4, 0.5) is 0 Å². The van der Waals surface area contributed by atoms with Crippen LogP contribution in [0.15, 0.2) is 60.3 Å². The lowest BCUT2D eigenvalue weighted by Crippen LogP contribution is -2.53. The highest BCUT2D eigenvalue weighted by atomic mass is 16.6. The Balaban J connectivity index is 1.40. The lowest BCUT2D eigenvalue weighted by atomic mass is 9.84. The van der Waals surface area contributed by atoms with Crippen molar-refractivity contribution in [1.82, 2.24) is 4.90 Å². The molecule has 5 heteroatoms. The standard InChI is InChI=1S/C24H27NO4/c1-23(16-28-21-10-6-9-20(27-2)22(21)29-23)15-25-18-11-12-19(25)14-24(26,13-18)17-7-4-3-5-8-17/h3-10,13,19,26H,11-12,14-16H2,1-2H3/t19?,23-,24?/m1/s1. The van der Waals surface area contributed by atoms with Crippen molar-refractivity contribution in [2.75, 3.05) is 20.3 Å². The maximum absolute atomic E-state index is 11.3. The van der Waals surface area contributed by atoms with Gasteiger partial charge in [0.15, 0.2) is 17.1 Å². The predicted molar refractivity (Wildman–Crippen MR) is 110 cm³/mol. The Bertz CT molecular complexity index is 929. The fourth-order valence-corrected chi connectivity index (χ4v) is 4.88. The van der Waals surface area contributed by atoms with E-state index in [2.05, 4.69) is 11.8 Å². The van der Waals surface area contributed by atoms with E-state index in [1.807, 2.05) is 54.6 Å². The third-order valence-corrected chi connectivity index (χ3v) is 6.32. The van der Waals surface area contributed by atoms with Crippen LogP contribution in [0.3, 0.4) is 0 Å². The van der Waals surface area contributed by atoms with Gasteiger partial charge in [-0.15, -0.1) is 0 Å². The molecule has 2 bridgehead atoms. The van der Waals surface area contributed by atoms with Crippen LogP contribution in [-0.2, 0) is 5.60 Å². The molecule has 2 aromatic carbocycles. The molecule has 1 N–H and O–H groups in total. The highest BCUT2D eigenvalue weighted by Gasteiger charge is 2.46. The largest absolute Gasteiger partial charge is 0.493 e. The number of fused-ring (bicyclic) bond motifs is 3. The van der Waals surface area contributed by atoms with E-state index in [1.54, 1.807) is 7.11 Å². The molecule has 3 atom stereocenters. The molecule has 152 valence electrons. The minimum absolute atomic E-state index is 0.291. The second kappa shape index (κ2) is 6.70. The molecule has 0 spiro atoms. The van der Waals surface area contributed by atoms with Gasteiger partial charge in [0, 0.05) is 18.2 Å². The van der Waals surface area contributed by atoms with E-state index >= 15 is 0 Å². The van der Waals surface area contributed by atoms with Crippen LogP contribution in [0.2, 0.25) is 0 Å². The molecule has 5 nitrogen and oxygen atoms in total. The summed E-state index contributed by atoms with van der Waals surface area (Å²) in [6, 6.07) is 16.0. The smallest absolute Gasteiger partial charge is 0.204 e.